The summed E-state index contributed by atoms with van der Waals surface area (Å²) in [6, 6.07) is 28.5. The predicted molar refractivity (Wildman–Crippen MR) is 180 cm³/mol. The molecular weight excluding hydrogens is 646 g/mol. The Hall–Kier alpha value is -3.27. The van der Waals surface area contributed by atoms with Crippen molar-refractivity contribution in [2.75, 3.05) is 26.4 Å². The van der Waals surface area contributed by atoms with Gasteiger partial charge in [-0.05, 0) is 29.5 Å². The third-order valence-corrected chi connectivity index (χ3v) is 9.19. The van der Waals surface area contributed by atoms with Crippen LogP contribution in [0.15, 0.2) is 91.0 Å². The average Bonchev–Trinajstić information content (AvgIpc) is 3.13. The second kappa shape index (κ2) is 17.8. The van der Waals surface area contributed by atoms with E-state index in [1.807, 2.05) is 91.0 Å². The average molecular weight is 694 g/mol. The molecule has 11 unspecified atom stereocenters. The van der Waals surface area contributed by atoms with Gasteiger partial charge < -0.3 is 53.8 Å². The van der Waals surface area contributed by atoms with Gasteiger partial charge in [0.05, 0.1) is 26.4 Å². The van der Waals surface area contributed by atoms with E-state index >= 15 is 0 Å². The van der Waals surface area contributed by atoms with Crippen molar-refractivity contribution in [2.24, 2.45) is 0 Å². The Balaban J connectivity index is 1.29. The van der Waals surface area contributed by atoms with E-state index in [0.717, 1.165) is 16.7 Å². The summed E-state index contributed by atoms with van der Waals surface area (Å²) in [5.41, 5.74) is 3.20. The molecule has 12 heteroatoms. The molecule has 3 saturated heterocycles. The van der Waals surface area contributed by atoms with Crippen molar-refractivity contribution in [3.8, 4) is 0 Å². The van der Waals surface area contributed by atoms with Crippen molar-refractivity contribution in [1.82, 2.24) is 5.32 Å². The molecule has 0 radical (unpaired) electrons. The standard InChI is InChI=1S/C38H47NO11/c1-24(41)39-31-33(43)32(42)28(22-40)47-37(31)50-35-34-29(23-46-30(49-34)21-27-15-9-4-10-16-27)48-38(45-20-18-26-13-7-3-8-14-26)36(35)44-19-17-25-11-5-2-6-12-25/h2-16,28-38,40,42-43H,17-23H2,1H3,(H,39,41). The highest BCUT2D eigenvalue weighted by Crippen LogP contribution is 2.36. The van der Waals surface area contributed by atoms with Crippen LogP contribution < -0.4 is 5.32 Å². The number of hydrogen-bond donors (Lipinski definition) is 4. The van der Waals surface area contributed by atoms with Crippen LogP contribution in [0.25, 0.3) is 0 Å². The van der Waals surface area contributed by atoms with Crippen molar-refractivity contribution in [1.29, 1.82) is 0 Å². The number of aliphatic hydroxyl groups excluding tert-OH is 3. The molecule has 12 nitrogen and oxygen atoms in total. The van der Waals surface area contributed by atoms with E-state index in [4.69, 9.17) is 33.2 Å². The van der Waals surface area contributed by atoms with Crippen molar-refractivity contribution in [3.63, 3.8) is 0 Å². The number of carbonyl (C=O) groups excluding carboxylic acids is 1. The summed E-state index contributed by atoms with van der Waals surface area (Å²) in [6.45, 7) is 1.50. The van der Waals surface area contributed by atoms with E-state index in [1.54, 1.807) is 0 Å². The Bertz CT molecular complexity index is 1450. The van der Waals surface area contributed by atoms with Crippen LogP contribution in [0, 0.1) is 0 Å². The Morgan fingerprint density at radius 1 is 0.760 bits per heavy atom. The Morgan fingerprint density at radius 2 is 1.36 bits per heavy atom. The van der Waals surface area contributed by atoms with E-state index in [0.29, 0.717) is 32.5 Å². The maximum absolute atomic E-state index is 12.3. The molecule has 3 fully saturated rings. The van der Waals surface area contributed by atoms with E-state index in [1.165, 1.54) is 6.92 Å². The summed E-state index contributed by atoms with van der Waals surface area (Å²) in [7, 11) is 0. The second-order valence-electron chi connectivity index (χ2n) is 12.8. The van der Waals surface area contributed by atoms with Crippen LogP contribution >= 0.6 is 0 Å². The van der Waals surface area contributed by atoms with Gasteiger partial charge in [-0.3, -0.25) is 4.79 Å². The SMILES string of the molecule is CC(=O)NC1C(OC2C3OC(Cc4ccccc4)OCC3OC(OCCc3ccccc3)C2OCCc2ccccc2)OC(CO)C(O)C1O. The van der Waals surface area contributed by atoms with Crippen LogP contribution in [0.4, 0.5) is 0 Å². The lowest BCUT2D eigenvalue weighted by Gasteiger charge is -2.51. The Kier molecular flexibility index (Phi) is 13.0. The fourth-order valence-corrected chi connectivity index (χ4v) is 6.61. The molecule has 0 spiro atoms. The number of ether oxygens (including phenoxy) is 7. The number of carbonyl (C=O) groups is 1. The topological polar surface area (TPSA) is 154 Å². The molecule has 0 aliphatic carbocycles. The van der Waals surface area contributed by atoms with Gasteiger partial charge in [0.15, 0.2) is 18.9 Å². The summed E-state index contributed by atoms with van der Waals surface area (Å²) in [5.74, 6) is -0.464. The zero-order valence-corrected chi connectivity index (χ0v) is 28.1. The minimum absolute atomic E-state index is 0.179. The molecule has 3 heterocycles. The summed E-state index contributed by atoms with van der Waals surface area (Å²) in [5, 5.41) is 34.4. The number of rotatable bonds is 14. The largest absolute Gasteiger partial charge is 0.394 e. The van der Waals surface area contributed by atoms with E-state index < -0.39 is 80.2 Å². The number of amides is 1. The molecule has 11 atom stereocenters. The van der Waals surface area contributed by atoms with Gasteiger partial charge in [0, 0.05) is 13.3 Å². The molecule has 0 aromatic heterocycles. The molecule has 270 valence electrons. The van der Waals surface area contributed by atoms with Gasteiger partial charge in [-0.25, -0.2) is 0 Å². The fourth-order valence-electron chi connectivity index (χ4n) is 6.61. The highest BCUT2D eigenvalue weighted by Gasteiger charge is 2.55. The molecule has 3 aromatic carbocycles. The number of hydrogen-bond acceptors (Lipinski definition) is 11. The van der Waals surface area contributed by atoms with Gasteiger partial charge in [-0.15, -0.1) is 0 Å². The first kappa shape index (κ1) is 36.5. The first-order valence-corrected chi connectivity index (χ1v) is 17.2. The molecule has 0 saturated carbocycles. The Morgan fingerprint density at radius 3 is 1.96 bits per heavy atom. The third kappa shape index (κ3) is 9.33. The molecule has 1 amide bonds. The number of fused-ring (bicyclic) bond motifs is 1. The lowest BCUT2D eigenvalue weighted by Crippen LogP contribution is -2.69. The maximum Gasteiger partial charge on any atom is 0.217 e. The van der Waals surface area contributed by atoms with Crippen LogP contribution in [-0.2, 0) is 57.2 Å². The van der Waals surface area contributed by atoms with Crippen LogP contribution in [0.2, 0.25) is 0 Å². The quantitative estimate of drug-likeness (QED) is 0.196. The van der Waals surface area contributed by atoms with E-state index in [9.17, 15) is 20.1 Å². The smallest absolute Gasteiger partial charge is 0.217 e. The van der Waals surface area contributed by atoms with Crippen molar-refractivity contribution in [3.05, 3.63) is 108 Å². The molecule has 4 N–H and O–H groups in total. The molecule has 0 bridgehead atoms. The van der Waals surface area contributed by atoms with Crippen LogP contribution in [0.3, 0.4) is 0 Å². The fraction of sp³-hybridized carbons (Fsp3) is 0.500. The van der Waals surface area contributed by atoms with Gasteiger partial charge in [-0.2, -0.15) is 0 Å². The molecule has 3 aliphatic rings. The summed E-state index contributed by atoms with van der Waals surface area (Å²) in [6.07, 6.45) is -8.45. The highest BCUT2D eigenvalue weighted by atomic mass is 16.8. The zero-order chi connectivity index (χ0) is 34.9. The minimum Gasteiger partial charge on any atom is -0.394 e. The normalized spacial score (nSPS) is 32.6. The lowest BCUT2D eigenvalue weighted by atomic mass is 9.94. The van der Waals surface area contributed by atoms with Crippen molar-refractivity contribution < 1.29 is 53.3 Å². The van der Waals surface area contributed by atoms with E-state index in [-0.39, 0.29) is 6.61 Å². The van der Waals surface area contributed by atoms with Gasteiger partial charge in [0.1, 0.15) is 48.8 Å². The van der Waals surface area contributed by atoms with Crippen molar-refractivity contribution in [2.45, 2.75) is 93.8 Å². The monoisotopic (exact) mass is 693 g/mol. The van der Waals surface area contributed by atoms with Gasteiger partial charge in [0.25, 0.3) is 0 Å². The summed E-state index contributed by atoms with van der Waals surface area (Å²) < 4.78 is 44.9. The number of nitrogens with one attached hydrogen (secondary N) is 1. The maximum atomic E-state index is 12.3. The summed E-state index contributed by atoms with van der Waals surface area (Å²) in [4.78, 5) is 12.3. The highest BCUT2D eigenvalue weighted by molar-refractivity contribution is 5.73. The van der Waals surface area contributed by atoms with Gasteiger partial charge >= 0.3 is 0 Å². The van der Waals surface area contributed by atoms with Crippen LogP contribution in [0.1, 0.15) is 23.6 Å². The van der Waals surface area contributed by atoms with Gasteiger partial charge in [-0.1, -0.05) is 91.0 Å². The van der Waals surface area contributed by atoms with Crippen molar-refractivity contribution >= 4 is 5.91 Å². The molecule has 6 rings (SSSR count). The first-order valence-electron chi connectivity index (χ1n) is 17.2. The summed E-state index contributed by atoms with van der Waals surface area (Å²) >= 11 is 0. The predicted octanol–water partition coefficient (Wildman–Crippen LogP) is 1.91. The number of benzene rings is 3. The molecule has 3 aliphatic heterocycles. The lowest BCUT2D eigenvalue weighted by molar-refractivity contribution is -0.388. The minimum atomic E-state index is -1.50. The van der Waals surface area contributed by atoms with E-state index in [2.05, 4.69) is 5.32 Å². The zero-order valence-electron chi connectivity index (χ0n) is 28.1. The van der Waals surface area contributed by atoms with Crippen LogP contribution in [-0.4, -0.2) is 115 Å². The van der Waals surface area contributed by atoms with Crippen LogP contribution in [0.5, 0.6) is 0 Å². The second-order valence-corrected chi connectivity index (χ2v) is 12.8. The first-order chi connectivity index (χ1) is 24.4. The molecule has 3 aromatic rings. The van der Waals surface area contributed by atoms with Gasteiger partial charge in [0.2, 0.25) is 5.91 Å². The number of aliphatic hydroxyl groups is 3. The molecular formula is C38H47NO11. The third-order valence-electron chi connectivity index (χ3n) is 9.19. The molecule has 50 heavy (non-hydrogen) atoms. The Labute approximate surface area is 292 Å².